The van der Waals surface area contributed by atoms with Crippen LogP contribution in [0.3, 0.4) is 0 Å². The Labute approximate surface area is 232 Å². The number of carbonyl (C=O) groups excluding carboxylic acids is 2. The van der Waals surface area contributed by atoms with Gasteiger partial charge in [-0.05, 0) is 56.3 Å². The number of hydrogen-bond donors (Lipinski definition) is 1. The molecule has 1 aliphatic rings. The molecule has 0 atom stereocenters. The van der Waals surface area contributed by atoms with Crippen molar-refractivity contribution in [3.8, 4) is 17.3 Å². The third kappa shape index (κ3) is 6.40. The second-order valence-corrected chi connectivity index (χ2v) is 9.55. The summed E-state index contributed by atoms with van der Waals surface area (Å²) in [6.07, 6.45) is 0.552. The number of hydrogen-bond acceptors (Lipinski definition) is 6. The van der Waals surface area contributed by atoms with Gasteiger partial charge in [-0.3, -0.25) is 4.79 Å². The molecular weight excluding hydrogens is 529 g/mol. The highest BCUT2D eigenvalue weighted by Crippen LogP contribution is 2.34. The summed E-state index contributed by atoms with van der Waals surface area (Å²) in [4.78, 5) is 29.2. The Hall–Kier alpha value is -3.27. The van der Waals surface area contributed by atoms with Crippen molar-refractivity contribution in [1.29, 1.82) is 0 Å². The number of nitrogens with one attached hydrogen (secondary N) is 1. The number of benzene rings is 2. The average molecular weight is 560 g/mol. The molecule has 38 heavy (non-hydrogen) atoms. The predicted molar refractivity (Wildman–Crippen MR) is 147 cm³/mol. The van der Waals surface area contributed by atoms with Crippen LogP contribution >= 0.6 is 23.2 Å². The van der Waals surface area contributed by atoms with E-state index < -0.39 is 0 Å². The highest BCUT2D eigenvalue weighted by molar-refractivity contribution is 6.32. The Balaban J connectivity index is 1.72. The normalized spacial score (nSPS) is 13.5. The van der Waals surface area contributed by atoms with Gasteiger partial charge in [-0.15, -0.1) is 0 Å². The minimum absolute atomic E-state index is 0.242. The maximum atomic E-state index is 13.8. The van der Waals surface area contributed by atoms with Crippen LogP contribution in [-0.4, -0.2) is 70.9 Å². The third-order valence-electron chi connectivity index (χ3n) is 6.07. The van der Waals surface area contributed by atoms with Gasteiger partial charge in [0.2, 0.25) is 5.88 Å². The maximum Gasteiger partial charge on any atom is 0.409 e. The molecule has 0 saturated carbocycles. The number of aromatic nitrogens is 2. The van der Waals surface area contributed by atoms with Crippen molar-refractivity contribution in [2.75, 3.05) is 39.3 Å². The molecule has 2 aromatic carbocycles. The zero-order chi connectivity index (χ0) is 27.1. The largest absolute Gasteiger partial charge is 0.450 e. The van der Waals surface area contributed by atoms with Crippen LogP contribution < -0.4 is 10.1 Å². The summed E-state index contributed by atoms with van der Waals surface area (Å²) in [5, 5.41) is 9.16. The standard InChI is InChI=1S/C27H31Cl2N5O4/c1-3-13-30-18-21-24(25(35)32-14-16-33(17-15-32)27(36)37-4-2)31-34(23-8-6-5-7-22(23)29)26(21)38-20-11-9-19(28)10-12-20/h5-12,30H,3-4,13-18H2,1-2H3. The average Bonchev–Trinajstić information content (AvgIpc) is 3.27. The van der Waals surface area contributed by atoms with E-state index in [4.69, 9.17) is 37.8 Å². The number of rotatable bonds is 9. The summed E-state index contributed by atoms with van der Waals surface area (Å²) in [5.74, 6) is 0.687. The van der Waals surface area contributed by atoms with Crippen molar-refractivity contribution in [2.24, 2.45) is 0 Å². The monoisotopic (exact) mass is 559 g/mol. The fourth-order valence-corrected chi connectivity index (χ4v) is 4.46. The first kappa shape index (κ1) is 27.8. The quantitative estimate of drug-likeness (QED) is 0.354. The number of halogens is 2. The second-order valence-electron chi connectivity index (χ2n) is 8.71. The lowest BCUT2D eigenvalue weighted by Gasteiger charge is -2.33. The van der Waals surface area contributed by atoms with Crippen LogP contribution in [0, 0.1) is 0 Å². The van der Waals surface area contributed by atoms with E-state index in [1.54, 1.807) is 51.7 Å². The van der Waals surface area contributed by atoms with Crippen LogP contribution in [0.15, 0.2) is 48.5 Å². The van der Waals surface area contributed by atoms with Gasteiger partial charge in [0.15, 0.2) is 5.69 Å². The minimum Gasteiger partial charge on any atom is -0.450 e. The van der Waals surface area contributed by atoms with Crippen molar-refractivity contribution in [2.45, 2.75) is 26.8 Å². The van der Waals surface area contributed by atoms with Crippen LogP contribution in [0.2, 0.25) is 10.0 Å². The summed E-state index contributed by atoms with van der Waals surface area (Å²) in [6.45, 7) is 6.76. The summed E-state index contributed by atoms with van der Waals surface area (Å²) in [6, 6.07) is 14.2. The van der Waals surface area contributed by atoms with E-state index in [9.17, 15) is 9.59 Å². The third-order valence-corrected chi connectivity index (χ3v) is 6.64. The number of ether oxygens (including phenoxy) is 2. The van der Waals surface area contributed by atoms with E-state index in [0.29, 0.717) is 72.3 Å². The molecule has 1 N–H and O–H groups in total. The van der Waals surface area contributed by atoms with Gasteiger partial charge >= 0.3 is 6.09 Å². The van der Waals surface area contributed by atoms with Gasteiger partial charge in [0.1, 0.15) is 5.75 Å². The summed E-state index contributed by atoms with van der Waals surface area (Å²) >= 11 is 12.6. The first-order valence-electron chi connectivity index (χ1n) is 12.6. The van der Waals surface area contributed by atoms with Crippen LogP contribution in [0.5, 0.6) is 11.6 Å². The topological polar surface area (TPSA) is 88.9 Å². The smallest absolute Gasteiger partial charge is 0.409 e. The molecule has 4 rings (SSSR count). The van der Waals surface area contributed by atoms with Crippen molar-refractivity contribution in [1.82, 2.24) is 24.9 Å². The molecule has 3 aromatic rings. The Morgan fingerprint density at radius 1 is 0.974 bits per heavy atom. The van der Waals surface area contributed by atoms with Crippen molar-refractivity contribution in [3.63, 3.8) is 0 Å². The molecule has 1 aliphatic heterocycles. The van der Waals surface area contributed by atoms with Gasteiger partial charge in [-0.25, -0.2) is 4.79 Å². The van der Waals surface area contributed by atoms with Gasteiger partial charge in [0.25, 0.3) is 5.91 Å². The van der Waals surface area contributed by atoms with Crippen molar-refractivity contribution >= 4 is 35.2 Å². The molecule has 0 radical (unpaired) electrons. The Morgan fingerprint density at radius 3 is 2.32 bits per heavy atom. The lowest BCUT2D eigenvalue weighted by molar-refractivity contribution is 0.0564. The number of piperazine rings is 1. The molecule has 0 unspecified atom stereocenters. The first-order valence-corrected chi connectivity index (χ1v) is 13.4. The molecule has 202 valence electrons. The maximum absolute atomic E-state index is 13.8. The van der Waals surface area contributed by atoms with Gasteiger partial charge in [0, 0.05) is 37.7 Å². The van der Waals surface area contributed by atoms with Gasteiger partial charge < -0.3 is 24.6 Å². The van der Waals surface area contributed by atoms with Gasteiger partial charge in [-0.2, -0.15) is 9.78 Å². The molecule has 1 aromatic heterocycles. The van der Waals surface area contributed by atoms with E-state index in [2.05, 4.69) is 12.2 Å². The Kier molecular flexibility index (Phi) is 9.49. The van der Waals surface area contributed by atoms with Crippen LogP contribution in [0.25, 0.3) is 5.69 Å². The van der Waals surface area contributed by atoms with Crippen molar-refractivity contribution < 1.29 is 19.1 Å². The lowest BCUT2D eigenvalue weighted by atomic mass is 10.2. The highest BCUT2D eigenvalue weighted by atomic mass is 35.5. The first-order chi connectivity index (χ1) is 18.4. The van der Waals surface area contributed by atoms with Gasteiger partial charge in [-0.1, -0.05) is 42.3 Å². The van der Waals surface area contributed by atoms with Crippen molar-refractivity contribution in [3.05, 3.63) is 69.8 Å². The fraction of sp³-hybridized carbons (Fsp3) is 0.370. The molecule has 0 aliphatic carbocycles. The zero-order valence-electron chi connectivity index (χ0n) is 21.5. The van der Waals surface area contributed by atoms with Crippen LogP contribution in [-0.2, 0) is 11.3 Å². The van der Waals surface area contributed by atoms with E-state index in [1.165, 1.54) is 0 Å². The van der Waals surface area contributed by atoms with E-state index >= 15 is 0 Å². The summed E-state index contributed by atoms with van der Waals surface area (Å²) in [7, 11) is 0. The molecule has 2 amide bonds. The predicted octanol–water partition coefficient (Wildman–Crippen LogP) is 5.39. The second kappa shape index (κ2) is 13.0. The molecule has 2 heterocycles. The highest BCUT2D eigenvalue weighted by Gasteiger charge is 2.32. The molecule has 1 saturated heterocycles. The summed E-state index contributed by atoms with van der Waals surface area (Å²) in [5.41, 5.74) is 1.47. The fourth-order valence-electron chi connectivity index (χ4n) is 4.12. The number of para-hydroxylation sites is 1. The van der Waals surface area contributed by atoms with Crippen LogP contribution in [0.4, 0.5) is 4.79 Å². The SMILES string of the molecule is CCCNCc1c(C(=O)N2CCN(C(=O)OCC)CC2)nn(-c2ccccc2Cl)c1Oc1ccc(Cl)cc1. The number of nitrogens with zero attached hydrogens (tertiary/aromatic N) is 4. The van der Waals surface area contributed by atoms with E-state index in [0.717, 1.165) is 13.0 Å². The van der Waals surface area contributed by atoms with Crippen LogP contribution in [0.1, 0.15) is 36.3 Å². The number of carbonyl (C=O) groups is 2. The molecule has 0 bridgehead atoms. The lowest BCUT2D eigenvalue weighted by Crippen LogP contribution is -2.51. The Bertz CT molecular complexity index is 1260. The number of amides is 2. The summed E-state index contributed by atoms with van der Waals surface area (Å²) < 4.78 is 13.0. The zero-order valence-corrected chi connectivity index (χ0v) is 23.0. The molecule has 11 heteroatoms. The van der Waals surface area contributed by atoms with E-state index in [-0.39, 0.29) is 17.7 Å². The minimum atomic E-state index is -0.370. The molecule has 1 fully saturated rings. The molecule has 0 spiro atoms. The van der Waals surface area contributed by atoms with E-state index in [1.807, 2.05) is 18.2 Å². The molecular formula is C27H31Cl2N5O4. The molecule has 9 nitrogen and oxygen atoms in total. The Morgan fingerprint density at radius 2 is 1.66 bits per heavy atom. The van der Waals surface area contributed by atoms with Gasteiger partial charge in [0.05, 0.1) is 22.9 Å².